The summed E-state index contributed by atoms with van der Waals surface area (Å²) in [7, 11) is 4.86. The van der Waals surface area contributed by atoms with E-state index in [2.05, 4.69) is 0 Å². The molecule has 1 aliphatic carbocycles. The minimum absolute atomic E-state index is 0.271. The summed E-state index contributed by atoms with van der Waals surface area (Å²) in [6, 6.07) is 3.72. The van der Waals surface area contributed by atoms with Crippen LogP contribution in [0.25, 0.3) is 0 Å². The van der Waals surface area contributed by atoms with Gasteiger partial charge < -0.3 is 19.9 Å². The monoisotopic (exact) mass is 223 g/mol. The second-order valence-electron chi connectivity index (χ2n) is 4.07. The fourth-order valence-corrected chi connectivity index (χ4v) is 1.83. The normalized spacial score (nSPS) is 16.8. The van der Waals surface area contributed by atoms with E-state index in [1.54, 1.807) is 27.4 Å². The predicted molar refractivity (Wildman–Crippen MR) is 61.2 cm³/mol. The molecule has 0 saturated heterocycles. The number of hydrogen-bond acceptors (Lipinski definition) is 4. The number of hydrogen-bond donors (Lipinski definition) is 1. The van der Waals surface area contributed by atoms with Gasteiger partial charge in [-0.2, -0.15) is 0 Å². The topological polar surface area (TPSA) is 53.7 Å². The second-order valence-corrected chi connectivity index (χ2v) is 4.07. The highest BCUT2D eigenvalue weighted by Gasteiger charge is 2.43. The van der Waals surface area contributed by atoms with Gasteiger partial charge in [0.05, 0.1) is 21.3 Å². The van der Waals surface area contributed by atoms with Crippen LogP contribution in [-0.4, -0.2) is 21.3 Å². The lowest BCUT2D eigenvalue weighted by molar-refractivity contribution is 0.342. The number of rotatable bonds is 4. The van der Waals surface area contributed by atoms with Crippen molar-refractivity contribution in [2.24, 2.45) is 5.73 Å². The molecule has 2 N–H and O–H groups in total. The van der Waals surface area contributed by atoms with Crippen LogP contribution in [0.2, 0.25) is 0 Å². The molecule has 4 nitrogen and oxygen atoms in total. The first-order valence-corrected chi connectivity index (χ1v) is 5.24. The van der Waals surface area contributed by atoms with Gasteiger partial charge in [-0.15, -0.1) is 0 Å². The van der Waals surface area contributed by atoms with Gasteiger partial charge in [-0.3, -0.25) is 0 Å². The number of nitrogens with two attached hydrogens (primary N) is 1. The maximum atomic E-state index is 6.20. The summed E-state index contributed by atoms with van der Waals surface area (Å²) >= 11 is 0. The van der Waals surface area contributed by atoms with Crippen molar-refractivity contribution in [2.45, 2.75) is 18.4 Å². The lowest BCUT2D eigenvalue weighted by Crippen LogP contribution is -2.20. The van der Waals surface area contributed by atoms with Crippen LogP contribution in [0.15, 0.2) is 12.1 Å². The molecule has 0 aromatic heterocycles. The van der Waals surface area contributed by atoms with Gasteiger partial charge in [0, 0.05) is 17.2 Å². The highest BCUT2D eigenvalue weighted by molar-refractivity contribution is 5.55. The number of ether oxygens (including phenoxy) is 3. The molecular weight excluding hydrogens is 206 g/mol. The first-order chi connectivity index (χ1) is 7.64. The molecule has 0 amide bonds. The van der Waals surface area contributed by atoms with E-state index in [-0.39, 0.29) is 5.54 Å². The zero-order chi connectivity index (χ0) is 11.8. The van der Waals surface area contributed by atoms with Crippen LogP contribution in [-0.2, 0) is 5.54 Å². The van der Waals surface area contributed by atoms with Crippen molar-refractivity contribution in [3.8, 4) is 17.2 Å². The smallest absolute Gasteiger partial charge is 0.166 e. The standard InChI is InChI=1S/C12H17NO3/c1-14-8-6-9(12(13)4-5-12)11(16-3)10(7-8)15-2/h6-7H,4-5,13H2,1-3H3. The maximum Gasteiger partial charge on any atom is 0.166 e. The Morgan fingerprint density at radius 1 is 1.06 bits per heavy atom. The molecule has 0 spiro atoms. The highest BCUT2D eigenvalue weighted by atomic mass is 16.5. The van der Waals surface area contributed by atoms with Crippen molar-refractivity contribution in [1.82, 2.24) is 0 Å². The Balaban J connectivity index is 2.55. The van der Waals surface area contributed by atoms with Gasteiger partial charge in [0.2, 0.25) is 0 Å². The summed E-state index contributed by atoms with van der Waals surface area (Å²) in [6.07, 6.45) is 1.94. The summed E-state index contributed by atoms with van der Waals surface area (Å²) in [4.78, 5) is 0. The van der Waals surface area contributed by atoms with Gasteiger partial charge in [-0.1, -0.05) is 0 Å². The molecule has 16 heavy (non-hydrogen) atoms. The van der Waals surface area contributed by atoms with Crippen molar-refractivity contribution < 1.29 is 14.2 Å². The molecule has 1 aromatic carbocycles. The Morgan fingerprint density at radius 2 is 1.75 bits per heavy atom. The Kier molecular flexibility index (Phi) is 2.68. The minimum Gasteiger partial charge on any atom is -0.497 e. The van der Waals surface area contributed by atoms with Crippen molar-refractivity contribution in [3.05, 3.63) is 17.7 Å². The third-order valence-electron chi connectivity index (χ3n) is 3.01. The maximum absolute atomic E-state index is 6.20. The van der Waals surface area contributed by atoms with E-state index >= 15 is 0 Å². The SMILES string of the molecule is COc1cc(OC)c(OC)c(C2(N)CC2)c1. The summed E-state index contributed by atoms with van der Waals surface area (Å²) in [5.41, 5.74) is 6.89. The second kappa shape index (κ2) is 3.87. The minimum atomic E-state index is -0.271. The third kappa shape index (κ3) is 1.69. The van der Waals surface area contributed by atoms with E-state index in [4.69, 9.17) is 19.9 Å². The zero-order valence-corrected chi connectivity index (χ0v) is 9.87. The fourth-order valence-electron chi connectivity index (χ4n) is 1.83. The summed E-state index contributed by atoms with van der Waals surface area (Å²) in [6.45, 7) is 0. The lowest BCUT2D eigenvalue weighted by Gasteiger charge is -2.18. The zero-order valence-electron chi connectivity index (χ0n) is 9.87. The van der Waals surface area contributed by atoms with E-state index in [0.717, 1.165) is 24.2 Å². The van der Waals surface area contributed by atoms with Crippen molar-refractivity contribution >= 4 is 0 Å². The average Bonchev–Trinajstić information content (AvgIpc) is 3.06. The van der Waals surface area contributed by atoms with Crippen molar-refractivity contribution in [1.29, 1.82) is 0 Å². The molecule has 2 rings (SSSR count). The van der Waals surface area contributed by atoms with Gasteiger partial charge in [-0.25, -0.2) is 0 Å². The molecule has 1 aromatic rings. The van der Waals surface area contributed by atoms with Crippen LogP contribution >= 0.6 is 0 Å². The van der Waals surface area contributed by atoms with E-state index < -0.39 is 0 Å². The van der Waals surface area contributed by atoms with E-state index in [9.17, 15) is 0 Å². The van der Waals surface area contributed by atoms with Crippen LogP contribution in [0, 0.1) is 0 Å². The first-order valence-electron chi connectivity index (χ1n) is 5.24. The molecule has 0 atom stereocenters. The van der Waals surface area contributed by atoms with Gasteiger partial charge in [-0.05, 0) is 18.9 Å². The van der Waals surface area contributed by atoms with Gasteiger partial charge in [0.15, 0.2) is 11.5 Å². The van der Waals surface area contributed by atoms with Crippen LogP contribution in [0.4, 0.5) is 0 Å². The average molecular weight is 223 g/mol. The van der Waals surface area contributed by atoms with Crippen LogP contribution < -0.4 is 19.9 Å². The van der Waals surface area contributed by atoms with Gasteiger partial charge in [0.1, 0.15) is 5.75 Å². The van der Waals surface area contributed by atoms with Gasteiger partial charge in [0.25, 0.3) is 0 Å². The predicted octanol–water partition coefficient (Wildman–Crippen LogP) is 1.66. The Morgan fingerprint density at radius 3 is 2.19 bits per heavy atom. The molecule has 1 saturated carbocycles. The number of benzene rings is 1. The third-order valence-corrected chi connectivity index (χ3v) is 3.01. The van der Waals surface area contributed by atoms with Crippen LogP contribution in [0.1, 0.15) is 18.4 Å². The molecule has 0 aliphatic heterocycles. The molecule has 0 radical (unpaired) electrons. The summed E-state index contributed by atoms with van der Waals surface area (Å²) < 4.78 is 15.9. The molecule has 88 valence electrons. The summed E-state index contributed by atoms with van der Waals surface area (Å²) in [5.74, 6) is 2.11. The molecule has 0 bridgehead atoms. The largest absolute Gasteiger partial charge is 0.497 e. The molecule has 4 heteroatoms. The summed E-state index contributed by atoms with van der Waals surface area (Å²) in [5, 5.41) is 0. The van der Waals surface area contributed by atoms with E-state index in [1.807, 2.05) is 6.07 Å². The molecule has 1 aliphatic rings. The van der Waals surface area contributed by atoms with Crippen LogP contribution in [0.3, 0.4) is 0 Å². The van der Waals surface area contributed by atoms with Gasteiger partial charge >= 0.3 is 0 Å². The van der Waals surface area contributed by atoms with Crippen molar-refractivity contribution in [3.63, 3.8) is 0 Å². The molecule has 0 unspecified atom stereocenters. The molecule has 0 heterocycles. The lowest BCUT2D eigenvalue weighted by atomic mass is 10.0. The Bertz CT molecular complexity index is 399. The highest BCUT2D eigenvalue weighted by Crippen LogP contribution is 2.50. The Labute approximate surface area is 95.3 Å². The van der Waals surface area contributed by atoms with E-state index in [0.29, 0.717) is 11.5 Å². The number of methoxy groups -OCH3 is 3. The van der Waals surface area contributed by atoms with Crippen LogP contribution in [0.5, 0.6) is 17.2 Å². The Hall–Kier alpha value is -1.42. The quantitative estimate of drug-likeness (QED) is 0.843. The fraction of sp³-hybridized carbons (Fsp3) is 0.500. The first kappa shape index (κ1) is 11.1. The molecule has 1 fully saturated rings. The molecular formula is C12H17NO3. The van der Waals surface area contributed by atoms with E-state index in [1.165, 1.54) is 0 Å². The van der Waals surface area contributed by atoms with Crippen molar-refractivity contribution in [2.75, 3.05) is 21.3 Å².